The molecule has 2 saturated heterocycles. The Labute approximate surface area is 122 Å². The zero-order chi connectivity index (χ0) is 14.2. The third kappa shape index (κ3) is 4.47. The maximum atomic E-state index is 3.38. The largest absolute Gasteiger partial charge is 0.369 e. The molecule has 3 rings (SSSR count). The molecule has 2 aliphatic rings. The topological polar surface area (TPSA) is 39.3 Å². The third-order valence-corrected chi connectivity index (χ3v) is 3.99. The lowest BCUT2D eigenvalue weighted by Gasteiger charge is -2.31. The van der Waals surface area contributed by atoms with E-state index in [0.29, 0.717) is 0 Å². The maximum absolute atomic E-state index is 3.38. The van der Waals surface area contributed by atoms with Crippen LogP contribution in [0.4, 0.5) is 5.69 Å². The van der Waals surface area contributed by atoms with Crippen LogP contribution in [0.15, 0.2) is 18.2 Å². The van der Waals surface area contributed by atoms with Crippen LogP contribution in [0.25, 0.3) is 0 Å². The average Bonchev–Trinajstić information content (AvgIpc) is 2.53. The first-order valence-electron chi connectivity index (χ1n) is 7.72. The smallest absolute Gasteiger partial charge is 0.0399 e. The average molecular weight is 276 g/mol. The first kappa shape index (κ1) is 15.3. The van der Waals surface area contributed by atoms with Crippen molar-refractivity contribution in [2.75, 3.05) is 57.3 Å². The van der Waals surface area contributed by atoms with Crippen molar-refractivity contribution in [1.82, 2.24) is 16.0 Å². The third-order valence-electron chi connectivity index (χ3n) is 3.99. The van der Waals surface area contributed by atoms with Crippen molar-refractivity contribution in [2.24, 2.45) is 0 Å². The van der Waals surface area contributed by atoms with Crippen molar-refractivity contribution in [3.05, 3.63) is 29.3 Å². The summed E-state index contributed by atoms with van der Waals surface area (Å²) in [5.41, 5.74) is 4.22. The van der Waals surface area contributed by atoms with Gasteiger partial charge in [-0.1, -0.05) is 12.1 Å². The zero-order valence-electron chi connectivity index (χ0n) is 12.8. The Balaban J connectivity index is 0.000000205. The van der Waals surface area contributed by atoms with E-state index in [0.717, 1.165) is 52.4 Å². The molecule has 0 amide bonds. The van der Waals surface area contributed by atoms with Gasteiger partial charge in [0.1, 0.15) is 0 Å². The molecule has 112 valence electrons. The Kier molecular flexibility index (Phi) is 6.30. The molecule has 3 N–H and O–H groups in total. The van der Waals surface area contributed by atoms with Gasteiger partial charge in [0.2, 0.25) is 0 Å². The van der Waals surface area contributed by atoms with E-state index < -0.39 is 0 Å². The second-order valence-corrected chi connectivity index (χ2v) is 5.46. The summed E-state index contributed by atoms with van der Waals surface area (Å²) in [6.45, 7) is 13.4. The van der Waals surface area contributed by atoms with Gasteiger partial charge in [-0.3, -0.25) is 0 Å². The van der Waals surface area contributed by atoms with E-state index in [4.69, 9.17) is 0 Å². The molecule has 0 radical (unpaired) electrons. The van der Waals surface area contributed by atoms with E-state index >= 15 is 0 Å². The van der Waals surface area contributed by atoms with Crippen LogP contribution >= 0.6 is 0 Å². The summed E-state index contributed by atoms with van der Waals surface area (Å²) in [6, 6.07) is 6.56. The number of anilines is 1. The van der Waals surface area contributed by atoms with Gasteiger partial charge in [0.25, 0.3) is 0 Å². The molecule has 0 aliphatic carbocycles. The SMILES string of the molecule is C1CNCCN1.Cc1cccc(N2CCNCC2)c1C. The van der Waals surface area contributed by atoms with Crippen molar-refractivity contribution < 1.29 is 0 Å². The highest BCUT2D eigenvalue weighted by Gasteiger charge is 2.12. The predicted molar refractivity (Wildman–Crippen MR) is 86.7 cm³/mol. The van der Waals surface area contributed by atoms with Gasteiger partial charge in [-0.15, -0.1) is 0 Å². The second kappa shape index (κ2) is 8.25. The first-order valence-corrected chi connectivity index (χ1v) is 7.72. The molecule has 20 heavy (non-hydrogen) atoms. The molecule has 4 nitrogen and oxygen atoms in total. The number of hydrogen-bond donors (Lipinski definition) is 3. The number of aryl methyl sites for hydroxylation is 1. The summed E-state index contributed by atoms with van der Waals surface area (Å²) < 4.78 is 0. The monoisotopic (exact) mass is 276 g/mol. The maximum Gasteiger partial charge on any atom is 0.0399 e. The van der Waals surface area contributed by atoms with E-state index in [2.05, 4.69) is 52.9 Å². The van der Waals surface area contributed by atoms with E-state index in [9.17, 15) is 0 Å². The van der Waals surface area contributed by atoms with Crippen molar-refractivity contribution in [2.45, 2.75) is 13.8 Å². The minimum Gasteiger partial charge on any atom is -0.369 e. The lowest BCUT2D eigenvalue weighted by molar-refractivity contribution is 0.534. The normalized spacial score (nSPS) is 19.2. The Hall–Kier alpha value is -1.10. The molecule has 0 saturated carbocycles. The van der Waals surface area contributed by atoms with E-state index in [1.165, 1.54) is 16.8 Å². The fourth-order valence-corrected chi connectivity index (χ4v) is 2.59. The number of piperazine rings is 2. The molecule has 2 fully saturated rings. The number of benzene rings is 1. The summed E-state index contributed by atoms with van der Waals surface area (Å²) >= 11 is 0. The van der Waals surface area contributed by atoms with Crippen LogP contribution in [-0.4, -0.2) is 52.4 Å². The Bertz CT molecular complexity index is 384. The fourth-order valence-electron chi connectivity index (χ4n) is 2.59. The summed E-state index contributed by atoms with van der Waals surface area (Å²) in [7, 11) is 0. The van der Waals surface area contributed by atoms with Crippen LogP contribution in [0.3, 0.4) is 0 Å². The number of hydrogen-bond acceptors (Lipinski definition) is 4. The minimum atomic E-state index is 1.10. The number of nitrogens with one attached hydrogen (secondary N) is 3. The zero-order valence-corrected chi connectivity index (χ0v) is 12.8. The molecule has 4 heteroatoms. The van der Waals surface area contributed by atoms with E-state index in [1.54, 1.807) is 0 Å². The van der Waals surface area contributed by atoms with Crippen molar-refractivity contribution in [1.29, 1.82) is 0 Å². The summed E-state index contributed by atoms with van der Waals surface area (Å²) in [5.74, 6) is 0. The van der Waals surface area contributed by atoms with Crippen LogP contribution < -0.4 is 20.9 Å². The Morgan fingerprint density at radius 2 is 1.35 bits per heavy atom. The molecular formula is C16H28N4. The fraction of sp³-hybridized carbons (Fsp3) is 0.625. The van der Waals surface area contributed by atoms with Gasteiger partial charge in [0, 0.05) is 58.0 Å². The minimum absolute atomic E-state index is 1.10. The standard InChI is InChI=1S/C12H18N2.C4H10N2/c1-10-4-3-5-12(11(10)2)14-8-6-13-7-9-14;1-2-6-4-3-5-1/h3-5,13H,6-9H2,1-2H3;5-6H,1-4H2. The summed E-state index contributed by atoms with van der Waals surface area (Å²) in [6.07, 6.45) is 0. The highest BCUT2D eigenvalue weighted by atomic mass is 15.2. The van der Waals surface area contributed by atoms with Crippen molar-refractivity contribution in [3.63, 3.8) is 0 Å². The lowest BCUT2D eigenvalue weighted by atomic mass is 10.1. The second-order valence-electron chi connectivity index (χ2n) is 5.46. The van der Waals surface area contributed by atoms with E-state index in [-0.39, 0.29) is 0 Å². The summed E-state index contributed by atoms with van der Waals surface area (Å²) in [5, 5.41) is 9.82. The highest BCUT2D eigenvalue weighted by molar-refractivity contribution is 5.56. The number of nitrogens with zero attached hydrogens (tertiary/aromatic N) is 1. The van der Waals surface area contributed by atoms with Gasteiger partial charge in [-0.05, 0) is 31.0 Å². The molecule has 0 aromatic heterocycles. The lowest BCUT2D eigenvalue weighted by Crippen LogP contribution is -2.43. The quantitative estimate of drug-likeness (QED) is 0.712. The van der Waals surface area contributed by atoms with E-state index in [1.807, 2.05) is 0 Å². The van der Waals surface area contributed by atoms with Gasteiger partial charge < -0.3 is 20.9 Å². The summed E-state index contributed by atoms with van der Waals surface area (Å²) in [4.78, 5) is 2.47. The van der Waals surface area contributed by atoms with Crippen LogP contribution in [-0.2, 0) is 0 Å². The van der Waals surface area contributed by atoms with Crippen molar-refractivity contribution in [3.8, 4) is 0 Å². The molecule has 0 bridgehead atoms. The van der Waals surface area contributed by atoms with Gasteiger partial charge >= 0.3 is 0 Å². The van der Waals surface area contributed by atoms with Crippen LogP contribution in [0.1, 0.15) is 11.1 Å². The van der Waals surface area contributed by atoms with Gasteiger partial charge in [-0.2, -0.15) is 0 Å². The molecule has 0 spiro atoms. The molecular weight excluding hydrogens is 248 g/mol. The highest BCUT2D eigenvalue weighted by Crippen LogP contribution is 2.22. The molecule has 1 aromatic carbocycles. The van der Waals surface area contributed by atoms with Crippen LogP contribution in [0, 0.1) is 13.8 Å². The van der Waals surface area contributed by atoms with Gasteiger partial charge in [0.15, 0.2) is 0 Å². The molecule has 0 unspecified atom stereocenters. The van der Waals surface area contributed by atoms with Crippen LogP contribution in [0.5, 0.6) is 0 Å². The first-order chi connectivity index (χ1) is 9.79. The van der Waals surface area contributed by atoms with Gasteiger partial charge in [0.05, 0.1) is 0 Å². The molecule has 2 heterocycles. The Morgan fingerprint density at radius 3 is 1.90 bits per heavy atom. The molecule has 1 aromatic rings. The molecule has 0 atom stereocenters. The van der Waals surface area contributed by atoms with Crippen LogP contribution in [0.2, 0.25) is 0 Å². The van der Waals surface area contributed by atoms with Gasteiger partial charge in [-0.25, -0.2) is 0 Å². The Morgan fingerprint density at radius 1 is 0.800 bits per heavy atom. The molecule has 2 aliphatic heterocycles. The van der Waals surface area contributed by atoms with Crippen molar-refractivity contribution >= 4 is 5.69 Å². The number of rotatable bonds is 1. The predicted octanol–water partition coefficient (Wildman–Crippen LogP) is 0.892.